The van der Waals surface area contributed by atoms with Gasteiger partial charge in [-0.25, -0.2) is 0 Å². The molecule has 4 nitrogen and oxygen atoms in total. The van der Waals surface area contributed by atoms with E-state index in [9.17, 15) is 0 Å². The highest BCUT2D eigenvalue weighted by Gasteiger charge is 2.24. The number of methoxy groups -OCH3 is 3. The zero-order valence-electron chi connectivity index (χ0n) is 11.3. The third kappa shape index (κ3) is 2.12. The lowest BCUT2D eigenvalue weighted by atomic mass is 9.97. The molecule has 0 radical (unpaired) electrons. The molecule has 0 bridgehead atoms. The normalized spacial score (nSPS) is 18.8. The van der Waals surface area contributed by atoms with Crippen molar-refractivity contribution in [3.63, 3.8) is 0 Å². The van der Waals surface area contributed by atoms with Crippen molar-refractivity contribution in [2.45, 2.75) is 31.7 Å². The van der Waals surface area contributed by atoms with Crippen LogP contribution in [0.25, 0.3) is 0 Å². The number of benzene rings is 1. The molecule has 1 aromatic rings. The van der Waals surface area contributed by atoms with Gasteiger partial charge in [-0.2, -0.15) is 0 Å². The fourth-order valence-electron chi connectivity index (χ4n) is 2.64. The van der Waals surface area contributed by atoms with Gasteiger partial charge in [0, 0.05) is 11.6 Å². The van der Waals surface area contributed by atoms with Crippen LogP contribution in [0.4, 0.5) is 0 Å². The van der Waals surface area contributed by atoms with E-state index in [4.69, 9.17) is 19.9 Å². The fourth-order valence-corrected chi connectivity index (χ4v) is 2.64. The molecule has 0 amide bonds. The fraction of sp³-hybridized carbons (Fsp3) is 0.571. The molecule has 1 atom stereocenters. The maximum absolute atomic E-state index is 6.23. The van der Waals surface area contributed by atoms with Crippen molar-refractivity contribution in [1.29, 1.82) is 0 Å². The Labute approximate surface area is 108 Å². The number of ether oxygens (including phenoxy) is 3. The van der Waals surface area contributed by atoms with Crippen molar-refractivity contribution in [1.82, 2.24) is 0 Å². The molecule has 0 saturated heterocycles. The Morgan fingerprint density at radius 2 is 1.78 bits per heavy atom. The van der Waals surface area contributed by atoms with Crippen LogP contribution in [-0.4, -0.2) is 21.3 Å². The van der Waals surface area contributed by atoms with Gasteiger partial charge in [0.1, 0.15) is 0 Å². The van der Waals surface area contributed by atoms with E-state index in [1.807, 2.05) is 6.07 Å². The lowest BCUT2D eigenvalue weighted by molar-refractivity contribution is 0.321. The molecule has 1 aliphatic carbocycles. The minimum atomic E-state index is 0.0520. The summed E-state index contributed by atoms with van der Waals surface area (Å²) in [6.45, 7) is 0. The third-order valence-corrected chi connectivity index (χ3v) is 3.56. The molecule has 100 valence electrons. The maximum atomic E-state index is 6.23. The molecule has 1 aliphatic rings. The van der Waals surface area contributed by atoms with E-state index in [0.29, 0.717) is 11.5 Å². The Balaban J connectivity index is 2.64. The SMILES string of the molecule is COc1cc2c(c(OC)c1OC)CCCC[C@H]2N. The molecular weight excluding hydrogens is 230 g/mol. The molecule has 0 spiro atoms. The average molecular weight is 251 g/mol. The zero-order valence-corrected chi connectivity index (χ0v) is 11.3. The molecule has 18 heavy (non-hydrogen) atoms. The van der Waals surface area contributed by atoms with Crippen LogP contribution < -0.4 is 19.9 Å². The van der Waals surface area contributed by atoms with E-state index in [1.165, 1.54) is 5.56 Å². The summed E-state index contributed by atoms with van der Waals surface area (Å²) in [6.07, 6.45) is 4.26. The van der Waals surface area contributed by atoms with Crippen LogP contribution in [0.5, 0.6) is 17.2 Å². The molecule has 0 saturated carbocycles. The second kappa shape index (κ2) is 5.48. The van der Waals surface area contributed by atoms with Gasteiger partial charge in [0.25, 0.3) is 0 Å². The largest absolute Gasteiger partial charge is 0.493 e. The first-order valence-electron chi connectivity index (χ1n) is 6.30. The lowest BCUT2D eigenvalue weighted by Gasteiger charge is -2.20. The zero-order chi connectivity index (χ0) is 13.1. The molecule has 2 N–H and O–H groups in total. The predicted molar refractivity (Wildman–Crippen MR) is 70.6 cm³/mol. The molecule has 0 aromatic heterocycles. The molecule has 0 heterocycles. The highest BCUT2D eigenvalue weighted by molar-refractivity contribution is 5.60. The summed E-state index contributed by atoms with van der Waals surface area (Å²) in [5.41, 5.74) is 8.53. The van der Waals surface area contributed by atoms with Crippen molar-refractivity contribution in [3.8, 4) is 17.2 Å². The summed E-state index contributed by atoms with van der Waals surface area (Å²) < 4.78 is 16.3. The van der Waals surface area contributed by atoms with Gasteiger partial charge in [0.15, 0.2) is 11.5 Å². The van der Waals surface area contributed by atoms with E-state index in [-0.39, 0.29) is 6.04 Å². The van der Waals surface area contributed by atoms with Crippen molar-refractivity contribution < 1.29 is 14.2 Å². The van der Waals surface area contributed by atoms with Crippen LogP contribution in [0.15, 0.2) is 6.07 Å². The average Bonchev–Trinajstić information content (AvgIpc) is 2.58. The summed E-state index contributed by atoms with van der Waals surface area (Å²) in [4.78, 5) is 0. The second-order valence-electron chi connectivity index (χ2n) is 4.57. The highest BCUT2D eigenvalue weighted by Crippen LogP contribution is 2.45. The van der Waals surface area contributed by atoms with Crippen molar-refractivity contribution in [3.05, 3.63) is 17.2 Å². The van der Waals surface area contributed by atoms with Gasteiger partial charge in [0.2, 0.25) is 5.75 Å². The quantitative estimate of drug-likeness (QED) is 0.838. The van der Waals surface area contributed by atoms with Crippen molar-refractivity contribution in [2.24, 2.45) is 5.73 Å². The minimum Gasteiger partial charge on any atom is -0.493 e. The number of hydrogen-bond donors (Lipinski definition) is 1. The first-order chi connectivity index (χ1) is 8.72. The highest BCUT2D eigenvalue weighted by atomic mass is 16.5. The molecule has 4 heteroatoms. The Hall–Kier alpha value is -1.42. The number of rotatable bonds is 3. The van der Waals surface area contributed by atoms with Gasteiger partial charge in [-0.05, 0) is 30.9 Å². The Bertz CT molecular complexity index is 432. The van der Waals surface area contributed by atoms with Crippen molar-refractivity contribution >= 4 is 0 Å². The first kappa shape index (κ1) is 13.0. The van der Waals surface area contributed by atoms with Crippen LogP contribution in [-0.2, 0) is 6.42 Å². The van der Waals surface area contributed by atoms with Gasteiger partial charge in [-0.3, -0.25) is 0 Å². The summed E-state index contributed by atoms with van der Waals surface area (Å²) in [5, 5.41) is 0. The predicted octanol–water partition coefficient (Wildman–Crippen LogP) is 2.44. The second-order valence-corrected chi connectivity index (χ2v) is 4.57. The van der Waals surface area contributed by atoms with Crippen LogP contribution in [0.2, 0.25) is 0 Å². The van der Waals surface area contributed by atoms with Gasteiger partial charge in [-0.1, -0.05) is 6.42 Å². The van der Waals surface area contributed by atoms with Gasteiger partial charge < -0.3 is 19.9 Å². The summed E-state index contributed by atoms with van der Waals surface area (Å²) in [7, 11) is 4.92. The summed E-state index contributed by atoms with van der Waals surface area (Å²) >= 11 is 0. The Morgan fingerprint density at radius 1 is 1.06 bits per heavy atom. The van der Waals surface area contributed by atoms with E-state index in [0.717, 1.165) is 37.0 Å². The summed E-state index contributed by atoms with van der Waals surface area (Å²) in [5.74, 6) is 2.11. The van der Waals surface area contributed by atoms with Crippen LogP contribution >= 0.6 is 0 Å². The third-order valence-electron chi connectivity index (χ3n) is 3.56. The van der Waals surface area contributed by atoms with Crippen LogP contribution in [0.1, 0.15) is 36.4 Å². The number of hydrogen-bond acceptors (Lipinski definition) is 4. The molecule has 0 unspecified atom stereocenters. The van der Waals surface area contributed by atoms with E-state index in [1.54, 1.807) is 21.3 Å². The Kier molecular flexibility index (Phi) is 3.97. The molecule has 0 fully saturated rings. The maximum Gasteiger partial charge on any atom is 0.203 e. The van der Waals surface area contributed by atoms with E-state index in [2.05, 4.69) is 0 Å². The van der Waals surface area contributed by atoms with Gasteiger partial charge >= 0.3 is 0 Å². The van der Waals surface area contributed by atoms with E-state index >= 15 is 0 Å². The van der Waals surface area contributed by atoms with E-state index < -0.39 is 0 Å². The molecule has 1 aromatic carbocycles. The Morgan fingerprint density at radius 3 is 2.39 bits per heavy atom. The molecular formula is C14H21NO3. The van der Waals surface area contributed by atoms with Crippen LogP contribution in [0, 0.1) is 0 Å². The number of fused-ring (bicyclic) bond motifs is 1. The van der Waals surface area contributed by atoms with Crippen molar-refractivity contribution in [2.75, 3.05) is 21.3 Å². The first-order valence-corrected chi connectivity index (χ1v) is 6.30. The summed E-state index contributed by atoms with van der Waals surface area (Å²) in [6, 6.07) is 2.04. The minimum absolute atomic E-state index is 0.0520. The molecule has 2 rings (SSSR count). The monoisotopic (exact) mass is 251 g/mol. The molecule has 0 aliphatic heterocycles. The smallest absolute Gasteiger partial charge is 0.203 e. The standard InChI is InChI=1S/C14H21NO3/c1-16-12-8-10-9(6-4-5-7-11(10)15)13(17-2)14(12)18-3/h8,11H,4-7,15H2,1-3H3/t11-/m1/s1. The van der Waals surface area contributed by atoms with Gasteiger partial charge in [-0.15, -0.1) is 0 Å². The topological polar surface area (TPSA) is 53.7 Å². The van der Waals surface area contributed by atoms with Gasteiger partial charge in [0.05, 0.1) is 21.3 Å². The van der Waals surface area contributed by atoms with Crippen LogP contribution in [0.3, 0.4) is 0 Å². The lowest BCUT2D eigenvalue weighted by Crippen LogP contribution is -2.12. The number of nitrogens with two attached hydrogens (primary N) is 1.